The van der Waals surface area contributed by atoms with E-state index in [1.165, 1.54) is 33.5 Å². The van der Waals surface area contributed by atoms with Crippen LogP contribution < -0.4 is 10.5 Å². The van der Waals surface area contributed by atoms with E-state index in [1.54, 1.807) is 0 Å². The minimum atomic E-state index is -4.19. The SMILES string of the molecule is CC(C)(CCCNS(C)(=O)=O)CN(C[C@@H](O)[C@H](Cc1ccccc1)N(C(=O)O)[C@H]1CO[C@H]2OCC[C@H]21)S(=O)(=O)c1ccc(N)cc1. The summed E-state index contributed by atoms with van der Waals surface area (Å²) in [4.78, 5) is 14.1. The largest absolute Gasteiger partial charge is 0.465 e. The van der Waals surface area contributed by atoms with Gasteiger partial charge in [0.15, 0.2) is 6.29 Å². The van der Waals surface area contributed by atoms with Crippen molar-refractivity contribution in [1.29, 1.82) is 0 Å². The van der Waals surface area contributed by atoms with E-state index in [2.05, 4.69) is 4.72 Å². The van der Waals surface area contributed by atoms with Gasteiger partial charge in [-0.1, -0.05) is 44.2 Å². The first-order chi connectivity index (χ1) is 21.6. The lowest BCUT2D eigenvalue weighted by Gasteiger charge is -2.40. The third-order valence-corrected chi connectivity index (χ3v) is 11.1. The van der Waals surface area contributed by atoms with Gasteiger partial charge in [-0.15, -0.1) is 0 Å². The Kier molecular flexibility index (Phi) is 11.7. The number of aliphatic hydroxyl groups is 1. The summed E-state index contributed by atoms with van der Waals surface area (Å²) in [5, 5.41) is 22.5. The van der Waals surface area contributed by atoms with Crippen LogP contribution in [-0.4, -0.2) is 106 Å². The van der Waals surface area contributed by atoms with Crippen LogP contribution in [0.1, 0.15) is 38.7 Å². The summed E-state index contributed by atoms with van der Waals surface area (Å²) in [6, 6.07) is 13.3. The third-order valence-electron chi connectivity index (χ3n) is 8.58. The summed E-state index contributed by atoms with van der Waals surface area (Å²) in [7, 11) is -7.57. The normalized spacial score (nSPS) is 21.6. The maximum Gasteiger partial charge on any atom is 0.407 e. The average molecular weight is 683 g/mol. The summed E-state index contributed by atoms with van der Waals surface area (Å²) in [5.41, 5.74) is 6.34. The molecule has 2 aromatic carbocycles. The van der Waals surface area contributed by atoms with Crippen molar-refractivity contribution in [3.8, 4) is 0 Å². The van der Waals surface area contributed by atoms with Crippen LogP contribution in [0.15, 0.2) is 59.5 Å². The molecule has 4 rings (SSSR count). The lowest BCUT2D eigenvalue weighted by atomic mass is 9.87. The van der Waals surface area contributed by atoms with E-state index in [4.69, 9.17) is 15.2 Å². The Morgan fingerprint density at radius 1 is 1.09 bits per heavy atom. The number of benzene rings is 2. The van der Waals surface area contributed by atoms with E-state index in [-0.39, 0.29) is 36.9 Å². The molecule has 2 aliphatic heterocycles. The second-order valence-electron chi connectivity index (χ2n) is 12.9. The monoisotopic (exact) mass is 682 g/mol. The number of carboxylic acid groups (broad SMARTS) is 1. The highest BCUT2D eigenvalue weighted by Crippen LogP contribution is 2.36. The van der Waals surface area contributed by atoms with Gasteiger partial charge in [0.05, 0.1) is 42.6 Å². The minimum absolute atomic E-state index is 0.0201. The van der Waals surface area contributed by atoms with Crippen molar-refractivity contribution in [2.24, 2.45) is 11.3 Å². The topological polar surface area (TPSA) is 189 Å². The molecule has 0 unspecified atom stereocenters. The van der Waals surface area contributed by atoms with Gasteiger partial charge in [0, 0.05) is 31.2 Å². The van der Waals surface area contributed by atoms with Gasteiger partial charge in [-0.2, -0.15) is 4.31 Å². The summed E-state index contributed by atoms with van der Waals surface area (Å²) in [6.45, 7) is 4.05. The molecular formula is C31H46N4O9S2. The number of hydrogen-bond acceptors (Lipinski definition) is 9. The van der Waals surface area contributed by atoms with Gasteiger partial charge in [-0.3, -0.25) is 4.90 Å². The summed E-state index contributed by atoms with van der Waals surface area (Å²) < 4.78 is 66.4. The van der Waals surface area contributed by atoms with E-state index in [0.29, 0.717) is 31.6 Å². The number of nitrogen functional groups attached to an aromatic ring is 1. The van der Waals surface area contributed by atoms with Crippen molar-refractivity contribution in [3.63, 3.8) is 0 Å². The Labute approximate surface area is 271 Å². The van der Waals surface area contributed by atoms with E-state index >= 15 is 0 Å². The zero-order valence-electron chi connectivity index (χ0n) is 26.5. The van der Waals surface area contributed by atoms with Crippen molar-refractivity contribution in [2.75, 3.05) is 44.8 Å². The van der Waals surface area contributed by atoms with Gasteiger partial charge >= 0.3 is 6.09 Å². The average Bonchev–Trinajstić information content (AvgIpc) is 3.60. The van der Waals surface area contributed by atoms with Crippen molar-refractivity contribution in [3.05, 3.63) is 60.2 Å². The minimum Gasteiger partial charge on any atom is -0.465 e. The molecule has 2 aliphatic rings. The number of rotatable bonds is 16. The summed E-state index contributed by atoms with van der Waals surface area (Å²) in [5.74, 6) is -0.212. The van der Waals surface area contributed by atoms with Gasteiger partial charge < -0.3 is 25.4 Å². The molecule has 15 heteroatoms. The van der Waals surface area contributed by atoms with E-state index < -0.39 is 62.6 Å². The number of carbonyl (C=O) groups is 1. The van der Waals surface area contributed by atoms with Crippen LogP contribution in [0.2, 0.25) is 0 Å². The van der Waals surface area contributed by atoms with Crippen LogP contribution in [0.5, 0.6) is 0 Å². The van der Waals surface area contributed by atoms with E-state index in [1.807, 2.05) is 44.2 Å². The highest BCUT2D eigenvalue weighted by molar-refractivity contribution is 7.89. The fourth-order valence-corrected chi connectivity index (χ4v) is 8.44. The Balaban J connectivity index is 1.66. The summed E-state index contributed by atoms with van der Waals surface area (Å²) >= 11 is 0. The van der Waals surface area contributed by atoms with Gasteiger partial charge in [-0.05, 0) is 60.9 Å². The van der Waals surface area contributed by atoms with E-state index in [0.717, 1.165) is 11.8 Å². The van der Waals surface area contributed by atoms with Crippen molar-refractivity contribution < 1.29 is 41.3 Å². The molecule has 46 heavy (non-hydrogen) atoms. The Bertz CT molecular complexity index is 1520. The molecular weight excluding hydrogens is 636 g/mol. The lowest BCUT2D eigenvalue weighted by Crippen LogP contribution is -2.58. The molecule has 0 aromatic heterocycles. The Morgan fingerprint density at radius 3 is 2.39 bits per heavy atom. The van der Waals surface area contributed by atoms with Crippen molar-refractivity contribution in [1.82, 2.24) is 13.9 Å². The van der Waals surface area contributed by atoms with Crippen LogP contribution in [0, 0.1) is 11.3 Å². The molecule has 2 aromatic rings. The maximum absolute atomic E-state index is 14.1. The van der Waals surface area contributed by atoms with Gasteiger partial charge in [0.25, 0.3) is 0 Å². The number of nitrogens with one attached hydrogen (secondary N) is 1. The second-order valence-corrected chi connectivity index (χ2v) is 16.7. The molecule has 0 spiro atoms. The van der Waals surface area contributed by atoms with Crippen LogP contribution >= 0.6 is 0 Å². The predicted octanol–water partition coefficient (Wildman–Crippen LogP) is 2.33. The maximum atomic E-state index is 14.1. The highest BCUT2D eigenvalue weighted by Gasteiger charge is 2.49. The number of anilines is 1. The quantitative estimate of drug-likeness (QED) is 0.151. The molecule has 0 aliphatic carbocycles. The molecule has 13 nitrogen and oxygen atoms in total. The van der Waals surface area contributed by atoms with Crippen LogP contribution in [0.3, 0.4) is 0 Å². The Hall–Kier alpha value is -2.79. The van der Waals surface area contributed by atoms with Crippen LogP contribution in [-0.2, 0) is 35.9 Å². The zero-order valence-corrected chi connectivity index (χ0v) is 28.1. The number of aliphatic hydroxyl groups excluding tert-OH is 1. The summed E-state index contributed by atoms with van der Waals surface area (Å²) in [6.07, 6.45) is -0.458. The molecule has 5 N–H and O–H groups in total. The fourth-order valence-electron chi connectivity index (χ4n) is 6.28. The molecule has 0 radical (unpaired) electrons. The van der Waals surface area contributed by atoms with Gasteiger partial charge in [0.2, 0.25) is 20.0 Å². The van der Waals surface area contributed by atoms with Gasteiger partial charge in [-0.25, -0.2) is 26.4 Å². The standard InChI is InChI=1S/C31H46N4O9S2/c1-31(2,15-7-16-33-45(3,39)40)21-34(46(41,42)24-12-10-23(32)11-13-24)19-28(36)26(18-22-8-5-4-6-9-22)35(30(37)38)27-20-44-29-25(27)14-17-43-29/h4-6,8-13,25-29,33,36H,7,14-21,32H2,1-3H3,(H,37,38)/t25-,26-,27-,28+,29+/m0/s1. The highest BCUT2D eigenvalue weighted by atomic mass is 32.2. The molecule has 0 bridgehead atoms. The number of ether oxygens (including phenoxy) is 2. The predicted molar refractivity (Wildman–Crippen MR) is 173 cm³/mol. The van der Waals surface area contributed by atoms with E-state index in [9.17, 15) is 31.8 Å². The molecule has 0 saturated carbocycles. The number of nitrogens with zero attached hydrogens (tertiary/aromatic N) is 2. The van der Waals surface area contributed by atoms with Crippen molar-refractivity contribution in [2.45, 2.75) is 68.9 Å². The first-order valence-electron chi connectivity index (χ1n) is 15.3. The third kappa shape index (κ3) is 9.40. The van der Waals surface area contributed by atoms with Crippen LogP contribution in [0.4, 0.5) is 10.5 Å². The Morgan fingerprint density at radius 2 is 1.76 bits per heavy atom. The molecule has 2 fully saturated rings. The first-order valence-corrected chi connectivity index (χ1v) is 18.7. The van der Waals surface area contributed by atoms with Crippen molar-refractivity contribution >= 4 is 31.8 Å². The first kappa shape index (κ1) is 36.1. The number of hydrogen-bond donors (Lipinski definition) is 4. The molecule has 1 amide bonds. The van der Waals surface area contributed by atoms with Crippen LogP contribution in [0.25, 0.3) is 0 Å². The fraction of sp³-hybridized carbons (Fsp3) is 0.581. The number of nitrogens with two attached hydrogens (primary N) is 1. The molecule has 2 saturated heterocycles. The number of sulfonamides is 2. The molecule has 5 atom stereocenters. The smallest absolute Gasteiger partial charge is 0.407 e. The number of fused-ring (bicyclic) bond motifs is 1. The molecule has 256 valence electrons. The second kappa shape index (κ2) is 15.0. The number of amides is 1. The molecule has 2 heterocycles. The lowest BCUT2D eigenvalue weighted by molar-refractivity contribution is -0.0906. The zero-order chi connectivity index (χ0) is 33.7. The van der Waals surface area contributed by atoms with Gasteiger partial charge in [0.1, 0.15) is 0 Å².